The van der Waals surface area contributed by atoms with E-state index >= 15 is 0 Å². The Labute approximate surface area is 101 Å². The first-order valence-corrected chi connectivity index (χ1v) is 5.23. The van der Waals surface area contributed by atoms with Crippen LogP contribution in [0.15, 0.2) is 30.7 Å². The van der Waals surface area contributed by atoms with E-state index in [4.69, 9.17) is 0 Å². The van der Waals surface area contributed by atoms with Crippen molar-refractivity contribution in [3.8, 4) is 11.5 Å². The number of H-pyrrole nitrogens is 1. The summed E-state index contributed by atoms with van der Waals surface area (Å²) in [5, 5.41) is 3.05. The van der Waals surface area contributed by atoms with Gasteiger partial charge < -0.3 is 19.8 Å². The molecule has 5 nitrogen and oxygen atoms in total. The minimum atomic E-state index is -3.58. The lowest BCUT2D eigenvalue weighted by atomic mass is 10.2. The largest absolute Gasteiger partial charge is 0.586 e. The number of rotatable bonds is 3. The lowest BCUT2D eigenvalue weighted by Gasteiger charge is -2.05. The van der Waals surface area contributed by atoms with Crippen LogP contribution in [0.25, 0.3) is 0 Å². The van der Waals surface area contributed by atoms with Gasteiger partial charge in [-0.3, -0.25) is 0 Å². The number of alkyl halides is 2. The van der Waals surface area contributed by atoms with Crippen molar-refractivity contribution < 1.29 is 18.3 Å². The van der Waals surface area contributed by atoms with Crippen molar-refractivity contribution in [3.05, 3.63) is 36.4 Å². The zero-order chi connectivity index (χ0) is 12.6. The molecule has 0 spiro atoms. The second-order valence-electron chi connectivity index (χ2n) is 3.76. The average Bonchev–Trinajstić information content (AvgIpc) is 2.90. The van der Waals surface area contributed by atoms with Gasteiger partial charge in [-0.2, -0.15) is 0 Å². The first-order chi connectivity index (χ1) is 8.62. The zero-order valence-corrected chi connectivity index (χ0v) is 9.11. The van der Waals surface area contributed by atoms with Gasteiger partial charge in [0.1, 0.15) is 0 Å². The summed E-state index contributed by atoms with van der Waals surface area (Å²) in [6.07, 6.45) is -0.338. The van der Waals surface area contributed by atoms with Crippen LogP contribution < -0.4 is 14.8 Å². The van der Waals surface area contributed by atoms with Gasteiger partial charge in [-0.1, -0.05) is 0 Å². The lowest BCUT2D eigenvalue weighted by molar-refractivity contribution is -0.286. The van der Waals surface area contributed by atoms with Gasteiger partial charge in [0.05, 0.1) is 18.6 Å². The van der Waals surface area contributed by atoms with Gasteiger partial charge in [0.2, 0.25) is 0 Å². The van der Waals surface area contributed by atoms with Crippen molar-refractivity contribution in [2.45, 2.75) is 12.8 Å². The van der Waals surface area contributed by atoms with Gasteiger partial charge in [-0.05, 0) is 12.1 Å². The first kappa shape index (κ1) is 10.8. The van der Waals surface area contributed by atoms with E-state index in [0.717, 1.165) is 5.69 Å². The maximum Gasteiger partial charge on any atom is 0.586 e. The molecule has 1 aromatic heterocycles. The van der Waals surface area contributed by atoms with Crippen molar-refractivity contribution >= 4 is 5.69 Å². The van der Waals surface area contributed by atoms with Crippen LogP contribution in [-0.2, 0) is 6.54 Å². The van der Waals surface area contributed by atoms with Crippen LogP contribution in [0.4, 0.5) is 14.5 Å². The molecule has 1 aliphatic heterocycles. The molecule has 1 aromatic carbocycles. The van der Waals surface area contributed by atoms with Gasteiger partial charge in [-0.15, -0.1) is 8.78 Å². The van der Waals surface area contributed by atoms with E-state index in [2.05, 4.69) is 24.8 Å². The zero-order valence-electron chi connectivity index (χ0n) is 9.11. The molecule has 0 fully saturated rings. The fourth-order valence-electron chi connectivity index (χ4n) is 1.64. The molecule has 0 unspecified atom stereocenters. The third-order valence-electron chi connectivity index (χ3n) is 2.44. The predicted molar refractivity (Wildman–Crippen MR) is 58.6 cm³/mol. The number of halogens is 2. The summed E-state index contributed by atoms with van der Waals surface area (Å²) in [5.41, 5.74) is 1.54. The van der Waals surface area contributed by atoms with E-state index in [-0.39, 0.29) is 11.5 Å². The van der Waals surface area contributed by atoms with Crippen LogP contribution in [-0.4, -0.2) is 16.3 Å². The first-order valence-electron chi connectivity index (χ1n) is 5.23. The highest BCUT2D eigenvalue weighted by Gasteiger charge is 2.43. The quantitative estimate of drug-likeness (QED) is 0.881. The summed E-state index contributed by atoms with van der Waals surface area (Å²) in [5.74, 6) is 0.0571. The summed E-state index contributed by atoms with van der Waals surface area (Å²) in [4.78, 5) is 6.80. The number of hydrogen-bond donors (Lipinski definition) is 2. The van der Waals surface area contributed by atoms with Crippen LogP contribution in [0.3, 0.4) is 0 Å². The highest BCUT2D eigenvalue weighted by atomic mass is 19.3. The molecule has 0 saturated heterocycles. The molecule has 94 valence electrons. The van der Waals surface area contributed by atoms with Crippen LogP contribution in [0.1, 0.15) is 5.69 Å². The molecule has 0 atom stereocenters. The Bertz CT molecular complexity index is 557. The number of nitrogens with zero attached hydrogens (tertiary/aromatic N) is 1. The number of benzene rings is 1. The molecular weight excluding hydrogens is 244 g/mol. The van der Waals surface area contributed by atoms with Gasteiger partial charge >= 0.3 is 6.29 Å². The second-order valence-corrected chi connectivity index (χ2v) is 3.76. The van der Waals surface area contributed by atoms with Crippen molar-refractivity contribution in [2.75, 3.05) is 5.32 Å². The Kier molecular flexibility index (Phi) is 2.32. The third kappa shape index (κ3) is 2.06. The predicted octanol–water partition coefficient (Wildman–Crippen LogP) is 2.34. The van der Waals surface area contributed by atoms with Gasteiger partial charge in [0, 0.05) is 18.0 Å². The Hall–Kier alpha value is -2.31. The smallest absolute Gasteiger partial charge is 0.395 e. The minimum absolute atomic E-state index is 0.0228. The van der Waals surface area contributed by atoms with E-state index < -0.39 is 6.29 Å². The fraction of sp³-hybridized carbons (Fsp3) is 0.182. The monoisotopic (exact) mass is 253 g/mol. The molecule has 2 aromatic rings. The molecule has 0 bridgehead atoms. The fourth-order valence-corrected chi connectivity index (χ4v) is 1.64. The van der Waals surface area contributed by atoms with Crippen molar-refractivity contribution in [2.24, 2.45) is 0 Å². The molecule has 0 radical (unpaired) electrons. The summed E-state index contributed by atoms with van der Waals surface area (Å²) in [7, 11) is 0. The summed E-state index contributed by atoms with van der Waals surface area (Å²) in [6.45, 7) is 0.510. The number of fused-ring (bicyclic) bond motifs is 1. The molecule has 2 N–H and O–H groups in total. The molecule has 7 heteroatoms. The highest BCUT2D eigenvalue weighted by Crippen LogP contribution is 2.42. The molecule has 2 heterocycles. The van der Waals surface area contributed by atoms with Crippen molar-refractivity contribution in [1.29, 1.82) is 0 Å². The minimum Gasteiger partial charge on any atom is -0.395 e. The molecule has 1 aliphatic rings. The SMILES string of the molecule is FC1(F)Oc2ccc(NCc3cnc[nH]3)cc2O1. The maximum absolute atomic E-state index is 12.8. The van der Waals surface area contributed by atoms with Gasteiger partial charge in [0.15, 0.2) is 11.5 Å². The average molecular weight is 253 g/mol. The summed E-state index contributed by atoms with van der Waals surface area (Å²) < 4.78 is 34.3. The molecular formula is C11H9F2N3O2. The molecule has 0 aliphatic carbocycles. The number of aromatic nitrogens is 2. The van der Waals surface area contributed by atoms with E-state index in [0.29, 0.717) is 12.2 Å². The second kappa shape index (κ2) is 3.86. The van der Waals surface area contributed by atoms with Crippen LogP contribution in [0, 0.1) is 0 Å². The van der Waals surface area contributed by atoms with Crippen LogP contribution in [0.5, 0.6) is 11.5 Å². The summed E-state index contributed by atoms with van der Waals surface area (Å²) >= 11 is 0. The standard InChI is InChI=1S/C11H9F2N3O2/c12-11(13)17-9-2-1-7(3-10(9)18-11)15-5-8-4-14-6-16-8/h1-4,6,15H,5H2,(H,14,16). The maximum atomic E-state index is 12.8. The number of ether oxygens (including phenoxy) is 2. The van der Waals surface area contributed by atoms with Crippen molar-refractivity contribution in [1.82, 2.24) is 9.97 Å². The topological polar surface area (TPSA) is 59.2 Å². The number of nitrogens with one attached hydrogen (secondary N) is 2. The normalized spacial score (nSPS) is 15.7. The number of imidazole rings is 1. The summed E-state index contributed by atoms with van der Waals surface area (Å²) in [6, 6.07) is 4.54. The van der Waals surface area contributed by atoms with E-state index in [1.807, 2.05) is 0 Å². The molecule has 0 amide bonds. The van der Waals surface area contributed by atoms with E-state index in [1.54, 1.807) is 18.6 Å². The molecule has 18 heavy (non-hydrogen) atoms. The Balaban J connectivity index is 1.72. The van der Waals surface area contributed by atoms with Gasteiger partial charge in [-0.25, -0.2) is 4.98 Å². The Morgan fingerprint density at radius 2 is 2.11 bits per heavy atom. The third-order valence-corrected chi connectivity index (χ3v) is 2.44. The van der Waals surface area contributed by atoms with Crippen LogP contribution >= 0.6 is 0 Å². The Morgan fingerprint density at radius 3 is 2.89 bits per heavy atom. The lowest BCUT2D eigenvalue weighted by Crippen LogP contribution is -2.25. The van der Waals surface area contributed by atoms with Crippen LogP contribution in [0.2, 0.25) is 0 Å². The van der Waals surface area contributed by atoms with E-state index in [9.17, 15) is 8.78 Å². The number of aromatic amines is 1. The van der Waals surface area contributed by atoms with Gasteiger partial charge in [0.25, 0.3) is 0 Å². The Morgan fingerprint density at radius 1 is 1.28 bits per heavy atom. The molecule has 0 saturated carbocycles. The van der Waals surface area contributed by atoms with Crippen molar-refractivity contribution in [3.63, 3.8) is 0 Å². The molecule has 3 rings (SSSR count). The number of hydrogen-bond acceptors (Lipinski definition) is 4. The highest BCUT2D eigenvalue weighted by molar-refractivity contribution is 5.55. The van der Waals surface area contributed by atoms with E-state index in [1.165, 1.54) is 12.1 Å². The number of anilines is 1.